The van der Waals surface area contributed by atoms with Crippen LogP contribution in [0.2, 0.25) is 0 Å². The van der Waals surface area contributed by atoms with Gasteiger partial charge in [0.2, 0.25) is 5.91 Å². The average Bonchev–Trinajstić information content (AvgIpc) is 3.52. The van der Waals surface area contributed by atoms with Gasteiger partial charge < -0.3 is 15.0 Å². The molecule has 2 aliphatic heterocycles. The Morgan fingerprint density at radius 3 is 2.69 bits per heavy atom. The first kappa shape index (κ1) is 19.7. The number of cyclic esters (lactones) is 1. The molecule has 32 heavy (non-hydrogen) atoms. The van der Waals surface area contributed by atoms with E-state index in [2.05, 4.69) is 20.5 Å². The van der Waals surface area contributed by atoms with Crippen molar-refractivity contribution >= 4 is 29.4 Å². The number of anilines is 2. The maximum absolute atomic E-state index is 12.6. The molecule has 2 aromatic heterocycles. The van der Waals surface area contributed by atoms with Crippen LogP contribution < -0.4 is 10.2 Å². The standard InChI is InChI=1S/C22H20N6O4/c29-19(11-14-4-6-15(7-5-14)28-9-10-32-22(28)31)24-20-16-12-27(13-18(16)25-26-20)21(30)17-3-1-2-8-23-17/h1-8H,9-13H2,(H2,24,25,26,29). The Balaban J connectivity index is 1.21. The third-order valence-electron chi connectivity index (χ3n) is 5.45. The molecular formula is C22H20N6O4. The second-order valence-corrected chi connectivity index (χ2v) is 7.56. The number of H-pyrrole nitrogens is 1. The monoisotopic (exact) mass is 432 g/mol. The molecule has 10 heteroatoms. The predicted octanol–water partition coefficient (Wildman–Crippen LogP) is 2.10. The molecule has 3 aromatic rings. The number of rotatable bonds is 5. The Kier molecular flexibility index (Phi) is 5.02. The largest absolute Gasteiger partial charge is 0.447 e. The lowest BCUT2D eigenvalue weighted by atomic mass is 10.1. The molecule has 3 amide bonds. The van der Waals surface area contributed by atoms with E-state index < -0.39 is 0 Å². The van der Waals surface area contributed by atoms with Gasteiger partial charge in [0.1, 0.15) is 12.3 Å². The molecule has 0 unspecified atom stereocenters. The van der Waals surface area contributed by atoms with Crippen LogP contribution in [0.15, 0.2) is 48.7 Å². The lowest BCUT2D eigenvalue weighted by molar-refractivity contribution is -0.115. The number of carbonyl (C=O) groups excluding carboxylic acids is 3. The van der Waals surface area contributed by atoms with Gasteiger partial charge in [-0.3, -0.25) is 24.6 Å². The highest BCUT2D eigenvalue weighted by atomic mass is 16.6. The number of aromatic amines is 1. The molecule has 10 nitrogen and oxygen atoms in total. The number of ether oxygens (including phenoxy) is 1. The highest BCUT2D eigenvalue weighted by Crippen LogP contribution is 2.28. The van der Waals surface area contributed by atoms with E-state index in [4.69, 9.17) is 4.74 Å². The first-order chi connectivity index (χ1) is 15.6. The molecule has 0 saturated carbocycles. The third kappa shape index (κ3) is 3.78. The molecule has 2 aliphatic rings. The summed E-state index contributed by atoms with van der Waals surface area (Å²) in [6.45, 7) is 1.62. The fourth-order valence-electron chi connectivity index (χ4n) is 3.82. The van der Waals surface area contributed by atoms with Crippen molar-refractivity contribution < 1.29 is 19.1 Å². The summed E-state index contributed by atoms with van der Waals surface area (Å²) in [4.78, 5) is 44.2. The van der Waals surface area contributed by atoms with Gasteiger partial charge in [0.15, 0.2) is 5.82 Å². The minimum Gasteiger partial charge on any atom is -0.447 e. The van der Waals surface area contributed by atoms with E-state index >= 15 is 0 Å². The number of pyridine rings is 1. The van der Waals surface area contributed by atoms with E-state index in [1.165, 1.54) is 0 Å². The van der Waals surface area contributed by atoms with Gasteiger partial charge in [-0.05, 0) is 29.8 Å². The van der Waals surface area contributed by atoms with Crippen molar-refractivity contribution in [3.63, 3.8) is 0 Å². The van der Waals surface area contributed by atoms with Gasteiger partial charge in [0.25, 0.3) is 5.91 Å². The van der Waals surface area contributed by atoms with Crippen molar-refractivity contribution in [1.29, 1.82) is 0 Å². The second kappa shape index (κ2) is 8.14. The van der Waals surface area contributed by atoms with Crippen LogP contribution in [-0.2, 0) is 29.0 Å². The predicted molar refractivity (Wildman–Crippen MR) is 114 cm³/mol. The molecule has 2 N–H and O–H groups in total. The van der Waals surface area contributed by atoms with Crippen LogP contribution in [0.5, 0.6) is 0 Å². The Hall–Kier alpha value is -4.21. The third-order valence-corrected chi connectivity index (χ3v) is 5.45. The summed E-state index contributed by atoms with van der Waals surface area (Å²) in [5.74, 6) is 0.0364. The molecule has 5 rings (SSSR count). The summed E-state index contributed by atoms with van der Waals surface area (Å²) in [6, 6.07) is 12.4. The molecule has 1 aromatic carbocycles. The van der Waals surface area contributed by atoms with Crippen LogP contribution in [0.4, 0.5) is 16.3 Å². The van der Waals surface area contributed by atoms with E-state index in [0.717, 1.165) is 22.5 Å². The molecular weight excluding hydrogens is 412 g/mol. The van der Waals surface area contributed by atoms with Crippen LogP contribution in [0.1, 0.15) is 27.3 Å². The Morgan fingerprint density at radius 2 is 1.97 bits per heavy atom. The van der Waals surface area contributed by atoms with Crippen LogP contribution >= 0.6 is 0 Å². The fraction of sp³-hybridized carbons (Fsp3) is 0.227. The number of hydrogen-bond donors (Lipinski definition) is 2. The zero-order valence-corrected chi connectivity index (χ0v) is 17.1. The number of aromatic nitrogens is 3. The molecule has 0 bridgehead atoms. The van der Waals surface area contributed by atoms with Gasteiger partial charge >= 0.3 is 6.09 Å². The highest BCUT2D eigenvalue weighted by molar-refractivity contribution is 5.94. The van der Waals surface area contributed by atoms with Crippen molar-refractivity contribution in [2.45, 2.75) is 19.5 Å². The van der Waals surface area contributed by atoms with Crippen molar-refractivity contribution in [1.82, 2.24) is 20.1 Å². The summed E-state index contributed by atoms with van der Waals surface area (Å²) in [7, 11) is 0. The Labute approximate surface area is 183 Å². The van der Waals surface area contributed by atoms with Crippen LogP contribution in [0.25, 0.3) is 0 Å². The van der Waals surface area contributed by atoms with E-state index in [9.17, 15) is 14.4 Å². The van der Waals surface area contributed by atoms with Gasteiger partial charge in [-0.1, -0.05) is 18.2 Å². The smallest absolute Gasteiger partial charge is 0.414 e. The van der Waals surface area contributed by atoms with Crippen molar-refractivity contribution in [2.75, 3.05) is 23.4 Å². The summed E-state index contributed by atoms with van der Waals surface area (Å²) in [5, 5.41) is 9.93. The van der Waals surface area contributed by atoms with E-state index in [0.29, 0.717) is 37.8 Å². The van der Waals surface area contributed by atoms with E-state index in [1.807, 2.05) is 12.1 Å². The number of amides is 3. The highest BCUT2D eigenvalue weighted by Gasteiger charge is 2.30. The van der Waals surface area contributed by atoms with Gasteiger partial charge in [0, 0.05) is 17.4 Å². The number of nitrogens with zero attached hydrogens (tertiary/aromatic N) is 4. The fourth-order valence-corrected chi connectivity index (χ4v) is 3.82. The van der Waals surface area contributed by atoms with Crippen molar-refractivity contribution in [3.05, 3.63) is 71.2 Å². The zero-order valence-electron chi connectivity index (χ0n) is 17.1. The Bertz CT molecular complexity index is 1170. The SMILES string of the molecule is O=C(Cc1ccc(N2CCOC2=O)cc1)Nc1n[nH]c2c1CN(C(=O)c1ccccn1)C2. The molecule has 0 aliphatic carbocycles. The maximum atomic E-state index is 12.6. The summed E-state index contributed by atoms with van der Waals surface area (Å²) >= 11 is 0. The maximum Gasteiger partial charge on any atom is 0.414 e. The van der Waals surface area contributed by atoms with Crippen molar-refractivity contribution in [3.8, 4) is 0 Å². The summed E-state index contributed by atoms with van der Waals surface area (Å²) < 4.78 is 4.94. The van der Waals surface area contributed by atoms with Crippen LogP contribution in [-0.4, -0.2) is 51.1 Å². The lowest BCUT2D eigenvalue weighted by Gasteiger charge is -2.15. The summed E-state index contributed by atoms with van der Waals surface area (Å²) in [5.41, 5.74) is 3.51. The number of fused-ring (bicyclic) bond motifs is 1. The normalized spacial score (nSPS) is 14.9. The minimum atomic E-state index is -0.363. The Morgan fingerprint density at radius 1 is 1.12 bits per heavy atom. The number of nitrogens with one attached hydrogen (secondary N) is 2. The quantitative estimate of drug-likeness (QED) is 0.637. The second-order valence-electron chi connectivity index (χ2n) is 7.56. The molecule has 162 valence electrons. The van der Waals surface area contributed by atoms with Gasteiger partial charge in [-0.2, -0.15) is 5.10 Å². The number of hydrogen-bond acceptors (Lipinski definition) is 6. The molecule has 1 saturated heterocycles. The van der Waals surface area contributed by atoms with Crippen LogP contribution in [0, 0.1) is 0 Å². The summed E-state index contributed by atoms with van der Waals surface area (Å²) in [6.07, 6.45) is 1.38. The topological polar surface area (TPSA) is 121 Å². The average molecular weight is 432 g/mol. The lowest BCUT2D eigenvalue weighted by Crippen LogP contribution is -2.26. The first-order valence-electron chi connectivity index (χ1n) is 10.2. The molecule has 1 fully saturated rings. The minimum absolute atomic E-state index is 0.156. The zero-order chi connectivity index (χ0) is 22.1. The van der Waals surface area contributed by atoms with Gasteiger partial charge in [0.05, 0.1) is 31.7 Å². The van der Waals surface area contributed by atoms with Crippen molar-refractivity contribution in [2.24, 2.45) is 0 Å². The molecule has 0 atom stereocenters. The van der Waals surface area contributed by atoms with E-state index in [1.54, 1.807) is 46.3 Å². The van der Waals surface area contributed by atoms with E-state index in [-0.39, 0.29) is 24.3 Å². The molecule has 0 radical (unpaired) electrons. The molecule has 0 spiro atoms. The molecule has 4 heterocycles. The van der Waals surface area contributed by atoms with Gasteiger partial charge in [-0.15, -0.1) is 0 Å². The first-order valence-corrected chi connectivity index (χ1v) is 10.2. The van der Waals surface area contributed by atoms with Gasteiger partial charge in [-0.25, -0.2) is 4.79 Å². The number of benzene rings is 1. The number of carbonyl (C=O) groups is 3. The van der Waals surface area contributed by atoms with Crippen LogP contribution in [0.3, 0.4) is 0 Å².